The standard InChI is InChI=1S/C25H25N3O4S/c1-4-20-25(2,12-11-21(29)27-20)28-23(31)18-10-5-15(13-19(18)24(28)32)14-26-22(30)16-6-8-17(33-3)9-7-16/h4-10,13H,11-12,14H2,1-3H3,(H,26,30)(H,27,29)/t25-/m0/s1. The molecule has 2 aliphatic heterocycles. The minimum absolute atomic E-state index is 0.127. The average Bonchev–Trinajstić information content (AvgIpc) is 3.09. The minimum atomic E-state index is -0.923. The zero-order valence-corrected chi connectivity index (χ0v) is 19.5. The number of carbonyl (C=O) groups is 4. The largest absolute Gasteiger partial charge is 0.348 e. The molecule has 2 N–H and O–H groups in total. The van der Waals surface area contributed by atoms with Crippen molar-refractivity contribution < 1.29 is 19.2 Å². The zero-order valence-electron chi connectivity index (χ0n) is 18.7. The van der Waals surface area contributed by atoms with Crippen molar-refractivity contribution in [2.24, 2.45) is 0 Å². The summed E-state index contributed by atoms with van der Waals surface area (Å²) in [5.74, 6) is -1.11. The molecule has 0 aliphatic carbocycles. The summed E-state index contributed by atoms with van der Waals surface area (Å²) in [5, 5.41) is 5.66. The molecular weight excluding hydrogens is 438 g/mol. The molecule has 0 unspecified atom stereocenters. The lowest BCUT2D eigenvalue weighted by atomic mass is 9.86. The minimum Gasteiger partial charge on any atom is -0.348 e. The highest BCUT2D eigenvalue weighted by Gasteiger charge is 2.50. The number of allylic oxidation sites excluding steroid dienone is 1. The quantitative estimate of drug-likeness (QED) is 0.523. The molecule has 1 fully saturated rings. The third-order valence-electron chi connectivity index (χ3n) is 6.23. The Morgan fingerprint density at radius 2 is 1.82 bits per heavy atom. The van der Waals surface area contributed by atoms with E-state index in [4.69, 9.17) is 0 Å². The molecule has 2 aliphatic rings. The van der Waals surface area contributed by atoms with Gasteiger partial charge in [0.25, 0.3) is 17.7 Å². The number of nitrogens with one attached hydrogen (secondary N) is 2. The van der Waals surface area contributed by atoms with Gasteiger partial charge < -0.3 is 10.6 Å². The molecule has 0 aromatic heterocycles. The van der Waals surface area contributed by atoms with Crippen LogP contribution >= 0.6 is 11.8 Å². The topological polar surface area (TPSA) is 95.6 Å². The molecule has 33 heavy (non-hydrogen) atoms. The van der Waals surface area contributed by atoms with E-state index in [-0.39, 0.29) is 30.7 Å². The van der Waals surface area contributed by atoms with Gasteiger partial charge in [-0.05, 0) is 68.5 Å². The second-order valence-electron chi connectivity index (χ2n) is 8.26. The van der Waals surface area contributed by atoms with Crippen molar-refractivity contribution in [2.75, 3.05) is 6.26 Å². The van der Waals surface area contributed by atoms with Gasteiger partial charge in [0.1, 0.15) is 0 Å². The van der Waals surface area contributed by atoms with Crippen molar-refractivity contribution in [3.63, 3.8) is 0 Å². The molecular formula is C25H25N3O4S. The number of thioether (sulfide) groups is 1. The molecule has 0 bridgehead atoms. The highest BCUT2D eigenvalue weighted by molar-refractivity contribution is 7.98. The molecule has 1 saturated heterocycles. The van der Waals surface area contributed by atoms with Crippen molar-refractivity contribution in [1.82, 2.24) is 15.5 Å². The SMILES string of the molecule is CC=C1NC(=O)CC[C@]1(C)N1C(=O)c2ccc(CNC(=O)c3ccc(SC)cc3)cc2C1=O. The first-order chi connectivity index (χ1) is 15.8. The molecule has 2 heterocycles. The maximum absolute atomic E-state index is 13.3. The van der Waals surface area contributed by atoms with E-state index in [9.17, 15) is 19.2 Å². The van der Waals surface area contributed by atoms with Crippen molar-refractivity contribution in [1.29, 1.82) is 0 Å². The van der Waals surface area contributed by atoms with E-state index < -0.39 is 11.4 Å². The third-order valence-corrected chi connectivity index (χ3v) is 6.98. The van der Waals surface area contributed by atoms with Crippen LogP contribution in [0.2, 0.25) is 0 Å². The number of amides is 4. The van der Waals surface area contributed by atoms with Gasteiger partial charge >= 0.3 is 0 Å². The Morgan fingerprint density at radius 1 is 1.12 bits per heavy atom. The molecule has 170 valence electrons. The summed E-state index contributed by atoms with van der Waals surface area (Å²) in [7, 11) is 0. The average molecular weight is 464 g/mol. The Morgan fingerprint density at radius 3 is 2.48 bits per heavy atom. The molecule has 0 saturated carbocycles. The van der Waals surface area contributed by atoms with E-state index in [0.29, 0.717) is 28.8 Å². The van der Waals surface area contributed by atoms with Gasteiger partial charge in [0, 0.05) is 29.1 Å². The summed E-state index contributed by atoms with van der Waals surface area (Å²) in [6.45, 7) is 3.80. The monoisotopic (exact) mass is 463 g/mol. The Hall–Kier alpha value is -3.39. The number of hydrogen-bond donors (Lipinski definition) is 2. The molecule has 0 spiro atoms. The molecule has 1 atom stereocenters. The lowest BCUT2D eigenvalue weighted by molar-refractivity contribution is -0.122. The molecule has 0 radical (unpaired) electrons. The fourth-order valence-electron chi connectivity index (χ4n) is 4.33. The highest BCUT2D eigenvalue weighted by Crippen LogP contribution is 2.38. The predicted octanol–water partition coefficient (Wildman–Crippen LogP) is 3.51. The van der Waals surface area contributed by atoms with Crippen molar-refractivity contribution in [3.8, 4) is 0 Å². The maximum atomic E-state index is 13.3. The van der Waals surface area contributed by atoms with Crippen LogP contribution in [-0.4, -0.2) is 40.3 Å². The van der Waals surface area contributed by atoms with Crippen LogP contribution in [0.4, 0.5) is 0 Å². The van der Waals surface area contributed by atoms with Crippen LogP contribution in [0.3, 0.4) is 0 Å². The van der Waals surface area contributed by atoms with Crippen molar-refractivity contribution in [3.05, 3.63) is 76.5 Å². The van der Waals surface area contributed by atoms with E-state index in [1.54, 1.807) is 62.0 Å². The third kappa shape index (κ3) is 4.06. The van der Waals surface area contributed by atoms with Gasteiger partial charge in [0.05, 0.1) is 16.7 Å². The number of nitrogens with zero attached hydrogens (tertiary/aromatic N) is 1. The first-order valence-corrected chi connectivity index (χ1v) is 11.9. The Kier molecular flexibility index (Phi) is 6.12. The van der Waals surface area contributed by atoms with Crippen LogP contribution in [0, 0.1) is 0 Å². The number of imide groups is 1. The molecule has 2 aromatic carbocycles. The maximum Gasteiger partial charge on any atom is 0.262 e. The summed E-state index contributed by atoms with van der Waals surface area (Å²) in [4.78, 5) is 53.1. The van der Waals surface area contributed by atoms with Crippen molar-refractivity contribution >= 4 is 35.4 Å². The molecule has 2 aromatic rings. The summed E-state index contributed by atoms with van der Waals surface area (Å²) >= 11 is 1.60. The number of rotatable bonds is 5. The van der Waals surface area contributed by atoms with E-state index in [1.807, 2.05) is 18.4 Å². The van der Waals surface area contributed by atoms with Gasteiger partial charge in [-0.25, -0.2) is 0 Å². The van der Waals surface area contributed by atoms with E-state index >= 15 is 0 Å². The Balaban J connectivity index is 1.52. The molecule has 4 amide bonds. The number of carbonyl (C=O) groups excluding carboxylic acids is 4. The van der Waals surface area contributed by atoms with Gasteiger partial charge in [-0.15, -0.1) is 11.8 Å². The highest BCUT2D eigenvalue weighted by atomic mass is 32.2. The zero-order chi connectivity index (χ0) is 23.8. The number of fused-ring (bicyclic) bond motifs is 1. The second kappa shape index (κ2) is 8.86. The van der Waals surface area contributed by atoms with Crippen LogP contribution in [-0.2, 0) is 11.3 Å². The summed E-state index contributed by atoms with van der Waals surface area (Å²) in [6.07, 6.45) is 4.30. The molecule has 8 heteroatoms. The first-order valence-electron chi connectivity index (χ1n) is 10.7. The smallest absolute Gasteiger partial charge is 0.262 e. The van der Waals surface area contributed by atoms with Crippen LogP contribution in [0.5, 0.6) is 0 Å². The van der Waals surface area contributed by atoms with Crippen molar-refractivity contribution in [2.45, 2.75) is 43.7 Å². The van der Waals surface area contributed by atoms with E-state index in [0.717, 1.165) is 10.5 Å². The molecule has 4 rings (SSSR count). The van der Waals surface area contributed by atoms with E-state index in [1.165, 1.54) is 4.90 Å². The lowest BCUT2D eigenvalue weighted by Gasteiger charge is -2.42. The van der Waals surface area contributed by atoms with Crippen LogP contribution < -0.4 is 10.6 Å². The Bertz CT molecular complexity index is 1190. The summed E-state index contributed by atoms with van der Waals surface area (Å²) in [5.41, 5.74) is 1.54. The fourth-order valence-corrected chi connectivity index (χ4v) is 4.74. The number of piperidine rings is 1. The van der Waals surface area contributed by atoms with E-state index in [2.05, 4.69) is 10.6 Å². The normalized spacial score (nSPS) is 21.2. The second-order valence-corrected chi connectivity index (χ2v) is 9.14. The Labute approximate surface area is 196 Å². The lowest BCUT2D eigenvalue weighted by Crippen LogP contribution is -2.57. The van der Waals surface area contributed by atoms with Gasteiger partial charge in [0.2, 0.25) is 5.91 Å². The van der Waals surface area contributed by atoms with Gasteiger partial charge in [-0.1, -0.05) is 12.1 Å². The number of benzene rings is 2. The van der Waals surface area contributed by atoms with Gasteiger partial charge in [-0.2, -0.15) is 0 Å². The first kappa shape index (κ1) is 22.8. The predicted molar refractivity (Wildman–Crippen MR) is 126 cm³/mol. The van der Waals surface area contributed by atoms with Crippen LogP contribution in [0.15, 0.2) is 59.1 Å². The van der Waals surface area contributed by atoms with Crippen LogP contribution in [0.25, 0.3) is 0 Å². The fraction of sp³-hybridized carbons (Fsp3) is 0.280. The molecule has 7 nitrogen and oxygen atoms in total. The van der Waals surface area contributed by atoms with Gasteiger partial charge in [0.15, 0.2) is 0 Å². The summed E-state index contributed by atoms with van der Waals surface area (Å²) in [6, 6.07) is 12.4. The number of hydrogen-bond acceptors (Lipinski definition) is 5. The van der Waals surface area contributed by atoms with Crippen LogP contribution in [0.1, 0.15) is 63.3 Å². The summed E-state index contributed by atoms with van der Waals surface area (Å²) < 4.78 is 0. The van der Waals surface area contributed by atoms with Gasteiger partial charge in [-0.3, -0.25) is 24.1 Å².